The lowest BCUT2D eigenvalue weighted by atomic mass is 10.0. The van der Waals surface area contributed by atoms with Gasteiger partial charge in [0.2, 0.25) is 17.7 Å². The number of nitrogens with zero attached hydrogens (tertiary/aromatic N) is 5. The van der Waals surface area contributed by atoms with Crippen LogP contribution in [0, 0.1) is 6.92 Å². The second-order valence-corrected chi connectivity index (χ2v) is 9.28. The van der Waals surface area contributed by atoms with Crippen molar-refractivity contribution in [1.29, 1.82) is 0 Å². The van der Waals surface area contributed by atoms with Crippen molar-refractivity contribution in [3.63, 3.8) is 0 Å². The zero-order valence-corrected chi connectivity index (χ0v) is 21.5. The van der Waals surface area contributed by atoms with E-state index >= 15 is 0 Å². The molecule has 0 saturated carbocycles. The molecule has 1 fully saturated rings. The summed E-state index contributed by atoms with van der Waals surface area (Å²) in [5.74, 6) is 0.274. The lowest BCUT2D eigenvalue weighted by molar-refractivity contribution is -0.137. The van der Waals surface area contributed by atoms with Gasteiger partial charge >= 0.3 is 0 Å². The van der Waals surface area contributed by atoms with E-state index < -0.39 is 6.04 Å². The van der Waals surface area contributed by atoms with Crippen molar-refractivity contribution < 1.29 is 19.1 Å². The van der Waals surface area contributed by atoms with Gasteiger partial charge in [-0.2, -0.15) is 5.10 Å². The van der Waals surface area contributed by atoms with Crippen LogP contribution in [0.5, 0.6) is 5.88 Å². The van der Waals surface area contributed by atoms with Crippen molar-refractivity contribution >= 4 is 34.3 Å². The van der Waals surface area contributed by atoms with Crippen LogP contribution in [0.2, 0.25) is 0 Å². The third-order valence-corrected chi connectivity index (χ3v) is 6.66. The van der Waals surface area contributed by atoms with Crippen LogP contribution in [0.25, 0.3) is 22.0 Å². The molecule has 1 aromatic carbocycles. The number of pyridine rings is 2. The number of hydrogen-bond acceptors (Lipinski definition) is 7. The molecule has 194 valence electrons. The van der Waals surface area contributed by atoms with Gasteiger partial charge in [0.05, 0.1) is 12.6 Å². The molecule has 0 spiro atoms. The zero-order valence-electron chi connectivity index (χ0n) is 21.5. The smallest absolute Gasteiger partial charge is 0.248 e. The minimum Gasteiger partial charge on any atom is -0.481 e. The van der Waals surface area contributed by atoms with E-state index in [0.717, 1.165) is 23.2 Å². The molecule has 2 amide bonds. The van der Waals surface area contributed by atoms with Crippen LogP contribution in [0.3, 0.4) is 0 Å². The van der Waals surface area contributed by atoms with Crippen molar-refractivity contribution in [3.05, 3.63) is 66.1 Å². The zero-order chi connectivity index (χ0) is 26.8. The van der Waals surface area contributed by atoms with E-state index in [1.165, 1.54) is 6.92 Å². The van der Waals surface area contributed by atoms with Gasteiger partial charge in [-0.15, -0.1) is 0 Å². The Bertz CT molecular complexity index is 1530. The van der Waals surface area contributed by atoms with Crippen LogP contribution >= 0.6 is 0 Å². The monoisotopic (exact) mass is 512 g/mol. The van der Waals surface area contributed by atoms with E-state index in [1.54, 1.807) is 35.0 Å². The summed E-state index contributed by atoms with van der Waals surface area (Å²) in [5.41, 5.74) is 3.47. The molecule has 0 bridgehead atoms. The highest BCUT2D eigenvalue weighted by atomic mass is 16.5. The number of methoxy groups -OCH3 is 1. The first-order valence-electron chi connectivity index (χ1n) is 12.4. The number of rotatable bonds is 7. The molecule has 5 rings (SSSR count). The topological polar surface area (TPSA) is 119 Å². The lowest BCUT2D eigenvalue weighted by Gasteiger charge is -2.24. The molecule has 0 radical (unpaired) electrons. The Kier molecular flexibility index (Phi) is 6.87. The van der Waals surface area contributed by atoms with E-state index in [2.05, 4.69) is 20.4 Å². The first kappa shape index (κ1) is 25.1. The summed E-state index contributed by atoms with van der Waals surface area (Å²) in [4.78, 5) is 48.9. The summed E-state index contributed by atoms with van der Waals surface area (Å²) in [6.07, 6.45) is 3.00. The highest BCUT2D eigenvalue weighted by Gasteiger charge is 2.34. The first-order valence-corrected chi connectivity index (χ1v) is 12.4. The molecule has 1 aliphatic heterocycles. The molecule has 4 aromatic rings. The number of ketones is 1. The predicted octanol–water partition coefficient (Wildman–Crippen LogP) is 3.64. The summed E-state index contributed by atoms with van der Waals surface area (Å²) in [6, 6.07) is 14.1. The maximum Gasteiger partial charge on any atom is 0.248 e. The number of aromatic nitrogens is 4. The molecule has 3 aromatic heterocycles. The Morgan fingerprint density at radius 3 is 2.63 bits per heavy atom. The van der Waals surface area contributed by atoms with Gasteiger partial charge in [0.1, 0.15) is 24.1 Å². The summed E-state index contributed by atoms with van der Waals surface area (Å²) in [6.45, 7) is 3.70. The Morgan fingerprint density at radius 2 is 1.92 bits per heavy atom. The number of anilines is 1. The SMILES string of the molecule is COc1ccc(-c2ccc3c(c2)c(C(C)=O)nn3CC(=O)N2CCC[C@H]2C(=O)Nc2cccc(C)n2)cn1. The van der Waals surface area contributed by atoms with Crippen molar-refractivity contribution in [2.45, 2.75) is 39.3 Å². The van der Waals surface area contributed by atoms with Crippen molar-refractivity contribution in [1.82, 2.24) is 24.6 Å². The molecule has 1 atom stereocenters. The number of aryl methyl sites for hydroxylation is 1. The van der Waals surface area contributed by atoms with Crippen molar-refractivity contribution in [2.24, 2.45) is 0 Å². The van der Waals surface area contributed by atoms with Crippen LogP contribution in [0.4, 0.5) is 5.82 Å². The van der Waals surface area contributed by atoms with Crippen LogP contribution in [0.1, 0.15) is 35.9 Å². The number of ether oxygens (including phenoxy) is 1. The normalized spacial score (nSPS) is 15.0. The van der Waals surface area contributed by atoms with E-state index in [-0.39, 0.29) is 29.8 Å². The van der Waals surface area contributed by atoms with Gasteiger partial charge in [0.25, 0.3) is 0 Å². The van der Waals surface area contributed by atoms with Gasteiger partial charge < -0.3 is 15.0 Å². The highest BCUT2D eigenvalue weighted by Crippen LogP contribution is 2.28. The Balaban J connectivity index is 1.38. The number of likely N-dealkylation sites (tertiary alicyclic amines) is 1. The van der Waals surface area contributed by atoms with Crippen LogP contribution in [-0.4, -0.2) is 61.9 Å². The van der Waals surface area contributed by atoms with Gasteiger partial charge in [-0.25, -0.2) is 9.97 Å². The average molecular weight is 513 g/mol. The molecule has 4 heterocycles. The number of hydrogen-bond donors (Lipinski definition) is 1. The second-order valence-electron chi connectivity index (χ2n) is 9.28. The molecule has 38 heavy (non-hydrogen) atoms. The fourth-order valence-corrected chi connectivity index (χ4v) is 4.79. The number of benzene rings is 1. The quantitative estimate of drug-likeness (QED) is 0.376. The highest BCUT2D eigenvalue weighted by molar-refractivity contribution is 6.06. The van der Waals surface area contributed by atoms with E-state index in [9.17, 15) is 14.4 Å². The lowest BCUT2D eigenvalue weighted by Crippen LogP contribution is -2.44. The summed E-state index contributed by atoms with van der Waals surface area (Å²) < 4.78 is 6.67. The van der Waals surface area contributed by atoms with Crippen molar-refractivity contribution in [2.75, 3.05) is 19.0 Å². The van der Waals surface area contributed by atoms with Gasteiger partial charge in [-0.3, -0.25) is 19.1 Å². The molecular weight excluding hydrogens is 484 g/mol. The standard InChI is InChI=1S/C28H28N6O4/c1-17-6-4-8-24(30-17)31-28(37)23-7-5-13-33(23)26(36)16-34-22-11-9-19(14-21(22)27(32-34)18(2)35)20-10-12-25(38-3)29-15-20/h4,6,8-12,14-15,23H,5,7,13,16H2,1-3H3,(H,30,31,37)/t23-/m0/s1. The molecule has 1 aliphatic rings. The number of carbonyl (C=O) groups is 3. The largest absolute Gasteiger partial charge is 0.481 e. The first-order chi connectivity index (χ1) is 18.3. The van der Waals surface area contributed by atoms with Gasteiger partial charge in [0, 0.05) is 42.4 Å². The number of Topliss-reactive ketones (excluding diaryl/α,β-unsaturated/α-hetero) is 1. The molecule has 10 nitrogen and oxygen atoms in total. The van der Waals surface area contributed by atoms with E-state index in [0.29, 0.717) is 35.6 Å². The molecule has 0 unspecified atom stereocenters. The number of nitrogens with one attached hydrogen (secondary N) is 1. The Labute approximate surface area is 219 Å². The van der Waals surface area contributed by atoms with Gasteiger partial charge in [0.15, 0.2) is 5.78 Å². The van der Waals surface area contributed by atoms with Crippen molar-refractivity contribution in [3.8, 4) is 17.0 Å². The maximum absolute atomic E-state index is 13.4. The van der Waals surface area contributed by atoms with Crippen LogP contribution < -0.4 is 10.1 Å². The summed E-state index contributed by atoms with van der Waals surface area (Å²) in [5, 5.41) is 7.96. The molecule has 1 saturated heterocycles. The minimum absolute atomic E-state index is 0.0836. The molecule has 1 N–H and O–H groups in total. The van der Waals surface area contributed by atoms with Crippen LogP contribution in [0.15, 0.2) is 54.7 Å². The Hall–Kier alpha value is -4.60. The van der Waals surface area contributed by atoms with Gasteiger partial charge in [-0.05, 0) is 55.7 Å². The summed E-state index contributed by atoms with van der Waals surface area (Å²) in [7, 11) is 1.56. The fraction of sp³-hybridized carbons (Fsp3) is 0.286. The second kappa shape index (κ2) is 10.4. The predicted molar refractivity (Wildman–Crippen MR) is 142 cm³/mol. The number of fused-ring (bicyclic) bond motifs is 1. The van der Waals surface area contributed by atoms with E-state index in [4.69, 9.17) is 4.74 Å². The third-order valence-electron chi connectivity index (χ3n) is 6.66. The fourth-order valence-electron chi connectivity index (χ4n) is 4.79. The van der Waals surface area contributed by atoms with E-state index in [1.807, 2.05) is 43.3 Å². The number of amides is 2. The third kappa shape index (κ3) is 4.97. The Morgan fingerprint density at radius 1 is 1.11 bits per heavy atom. The molecule has 0 aliphatic carbocycles. The maximum atomic E-state index is 13.4. The van der Waals surface area contributed by atoms with Gasteiger partial charge in [-0.1, -0.05) is 12.1 Å². The summed E-state index contributed by atoms with van der Waals surface area (Å²) >= 11 is 0. The number of carbonyl (C=O) groups excluding carboxylic acids is 3. The minimum atomic E-state index is -0.590. The van der Waals surface area contributed by atoms with Crippen LogP contribution in [-0.2, 0) is 16.1 Å². The molecule has 10 heteroatoms. The molecular formula is C28H28N6O4. The average Bonchev–Trinajstić information content (AvgIpc) is 3.54.